The average molecular weight is 144 g/mol. The molecule has 0 spiro atoms. The van der Waals surface area contributed by atoms with Crippen LogP contribution in [0.3, 0.4) is 0 Å². The molecule has 0 saturated heterocycles. The van der Waals surface area contributed by atoms with Crippen LogP contribution in [-0.2, 0) is 9.53 Å². The van der Waals surface area contributed by atoms with Crippen LogP contribution in [0.1, 0.15) is 25.7 Å². The molecule has 0 aromatic carbocycles. The van der Waals surface area contributed by atoms with Gasteiger partial charge in [0.2, 0.25) is 0 Å². The SMILES string of the molecule is O=C(OCO)C1CCCC1. The Balaban J connectivity index is 2.25. The van der Waals surface area contributed by atoms with Crippen molar-refractivity contribution in [3.8, 4) is 0 Å². The normalized spacial score (nSPS) is 19.3. The van der Waals surface area contributed by atoms with E-state index in [0.29, 0.717) is 0 Å². The van der Waals surface area contributed by atoms with Crippen molar-refractivity contribution >= 4 is 5.97 Å². The fourth-order valence-corrected chi connectivity index (χ4v) is 1.34. The molecule has 1 aliphatic carbocycles. The first kappa shape index (κ1) is 7.54. The highest BCUT2D eigenvalue weighted by atomic mass is 16.6. The summed E-state index contributed by atoms with van der Waals surface area (Å²) in [5, 5.41) is 8.25. The first-order valence-electron chi connectivity index (χ1n) is 3.62. The van der Waals surface area contributed by atoms with Gasteiger partial charge in [0.1, 0.15) is 0 Å². The van der Waals surface area contributed by atoms with E-state index in [4.69, 9.17) is 5.11 Å². The van der Waals surface area contributed by atoms with Crippen LogP contribution in [0, 0.1) is 5.92 Å². The Morgan fingerprint density at radius 2 is 2.10 bits per heavy atom. The van der Waals surface area contributed by atoms with E-state index >= 15 is 0 Å². The van der Waals surface area contributed by atoms with E-state index in [1.807, 2.05) is 0 Å². The van der Waals surface area contributed by atoms with Gasteiger partial charge in [0.15, 0.2) is 6.79 Å². The minimum absolute atomic E-state index is 0.0622. The molecule has 0 aromatic rings. The Morgan fingerprint density at radius 1 is 1.50 bits per heavy atom. The lowest BCUT2D eigenvalue weighted by molar-refractivity contribution is -0.156. The molecule has 3 nitrogen and oxygen atoms in total. The van der Waals surface area contributed by atoms with Gasteiger partial charge in [0.05, 0.1) is 5.92 Å². The molecular weight excluding hydrogens is 132 g/mol. The number of hydrogen-bond acceptors (Lipinski definition) is 3. The minimum Gasteiger partial charge on any atom is -0.438 e. The summed E-state index contributed by atoms with van der Waals surface area (Å²) < 4.78 is 4.44. The number of hydrogen-bond donors (Lipinski definition) is 1. The standard InChI is InChI=1S/C7H12O3/c8-5-10-7(9)6-3-1-2-4-6/h6,8H,1-5H2. The van der Waals surface area contributed by atoms with E-state index in [0.717, 1.165) is 25.7 Å². The van der Waals surface area contributed by atoms with Gasteiger partial charge in [0.25, 0.3) is 0 Å². The third-order valence-electron chi connectivity index (χ3n) is 1.90. The molecule has 1 fully saturated rings. The van der Waals surface area contributed by atoms with Crippen LogP contribution in [-0.4, -0.2) is 17.9 Å². The molecule has 10 heavy (non-hydrogen) atoms. The molecule has 1 saturated carbocycles. The quantitative estimate of drug-likeness (QED) is 0.457. The van der Waals surface area contributed by atoms with Crippen molar-refractivity contribution in [1.29, 1.82) is 0 Å². The Hall–Kier alpha value is -0.570. The van der Waals surface area contributed by atoms with Crippen LogP contribution in [0.2, 0.25) is 0 Å². The van der Waals surface area contributed by atoms with Gasteiger partial charge in [-0.05, 0) is 12.8 Å². The average Bonchev–Trinajstić information content (AvgIpc) is 2.38. The Bertz CT molecular complexity index is 116. The van der Waals surface area contributed by atoms with Crippen LogP contribution in [0.4, 0.5) is 0 Å². The fourth-order valence-electron chi connectivity index (χ4n) is 1.34. The zero-order valence-corrected chi connectivity index (χ0v) is 5.88. The molecule has 1 rings (SSSR count). The highest BCUT2D eigenvalue weighted by Crippen LogP contribution is 2.25. The summed E-state index contributed by atoms with van der Waals surface area (Å²) in [6.07, 6.45) is 4.09. The Kier molecular flexibility index (Phi) is 2.68. The molecule has 0 unspecified atom stereocenters. The highest BCUT2D eigenvalue weighted by Gasteiger charge is 2.23. The van der Waals surface area contributed by atoms with E-state index in [-0.39, 0.29) is 11.9 Å². The van der Waals surface area contributed by atoms with Crippen molar-refractivity contribution in [3.05, 3.63) is 0 Å². The second-order valence-corrected chi connectivity index (χ2v) is 2.57. The molecule has 0 radical (unpaired) electrons. The smallest absolute Gasteiger partial charge is 0.311 e. The molecule has 0 amide bonds. The lowest BCUT2D eigenvalue weighted by atomic mass is 10.1. The predicted molar refractivity (Wildman–Crippen MR) is 35.1 cm³/mol. The Morgan fingerprint density at radius 3 is 2.60 bits per heavy atom. The number of carbonyl (C=O) groups is 1. The maximum absolute atomic E-state index is 10.9. The number of ether oxygens (including phenoxy) is 1. The van der Waals surface area contributed by atoms with E-state index < -0.39 is 6.79 Å². The summed E-state index contributed by atoms with van der Waals surface area (Å²) in [4.78, 5) is 10.9. The summed E-state index contributed by atoms with van der Waals surface area (Å²) >= 11 is 0. The molecule has 0 heterocycles. The van der Waals surface area contributed by atoms with Gasteiger partial charge >= 0.3 is 5.97 Å². The highest BCUT2D eigenvalue weighted by molar-refractivity contribution is 5.72. The van der Waals surface area contributed by atoms with E-state index in [1.165, 1.54) is 0 Å². The number of carbonyl (C=O) groups excluding carboxylic acids is 1. The van der Waals surface area contributed by atoms with Crippen molar-refractivity contribution in [2.75, 3.05) is 6.79 Å². The first-order valence-corrected chi connectivity index (χ1v) is 3.62. The molecule has 1 N–H and O–H groups in total. The monoisotopic (exact) mass is 144 g/mol. The molecule has 0 aromatic heterocycles. The zero-order valence-electron chi connectivity index (χ0n) is 5.88. The molecular formula is C7H12O3. The largest absolute Gasteiger partial charge is 0.438 e. The van der Waals surface area contributed by atoms with Gasteiger partial charge in [-0.3, -0.25) is 4.79 Å². The second kappa shape index (κ2) is 3.56. The number of esters is 1. The molecule has 0 atom stereocenters. The maximum atomic E-state index is 10.9. The van der Waals surface area contributed by atoms with Gasteiger partial charge in [0, 0.05) is 0 Å². The summed E-state index contributed by atoms with van der Waals surface area (Å²) in [5.74, 6) is -0.174. The van der Waals surface area contributed by atoms with Crippen LogP contribution in [0.5, 0.6) is 0 Å². The Labute approximate surface area is 60.0 Å². The molecule has 1 aliphatic rings. The van der Waals surface area contributed by atoms with E-state index in [1.54, 1.807) is 0 Å². The summed E-state index contributed by atoms with van der Waals surface area (Å²) in [5.41, 5.74) is 0. The third-order valence-corrected chi connectivity index (χ3v) is 1.90. The second-order valence-electron chi connectivity index (χ2n) is 2.57. The predicted octanol–water partition coefficient (Wildman–Crippen LogP) is 0.670. The third kappa shape index (κ3) is 1.70. The van der Waals surface area contributed by atoms with Crippen molar-refractivity contribution in [2.45, 2.75) is 25.7 Å². The van der Waals surface area contributed by atoms with Gasteiger partial charge in [-0.15, -0.1) is 0 Å². The topological polar surface area (TPSA) is 46.5 Å². The van der Waals surface area contributed by atoms with Crippen molar-refractivity contribution in [1.82, 2.24) is 0 Å². The first-order chi connectivity index (χ1) is 4.84. The van der Waals surface area contributed by atoms with Crippen LogP contribution in [0.15, 0.2) is 0 Å². The minimum atomic E-state index is -0.477. The molecule has 0 bridgehead atoms. The summed E-state index contributed by atoms with van der Waals surface area (Å²) in [6, 6.07) is 0. The van der Waals surface area contributed by atoms with Crippen molar-refractivity contribution < 1.29 is 14.6 Å². The summed E-state index contributed by atoms with van der Waals surface area (Å²) in [6.45, 7) is -0.477. The van der Waals surface area contributed by atoms with Gasteiger partial charge in [-0.25, -0.2) is 0 Å². The fraction of sp³-hybridized carbons (Fsp3) is 0.857. The maximum Gasteiger partial charge on any atom is 0.311 e. The van der Waals surface area contributed by atoms with Crippen molar-refractivity contribution in [2.24, 2.45) is 5.92 Å². The number of rotatable bonds is 2. The summed E-state index contributed by atoms with van der Waals surface area (Å²) in [7, 11) is 0. The zero-order chi connectivity index (χ0) is 7.40. The number of aliphatic hydroxyl groups excluding tert-OH is 1. The van der Waals surface area contributed by atoms with Gasteiger partial charge < -0.3 is 9.84 Å². The van der Waals surface area contributed by atoms with Crippen LogP contribution >= 0.6 is 0 Å². The lowest BCUT2D eigenvalue weighted by Gasteiger charge is -2.05. The van der Waals surface area contributed by atoms with E-state index in [9.17, 15) is 4.79 Å². The lowest BCUT2D eigenvalue weighted by Crippen LogP contribution is -2.14. The molecule has 3 heteroatoms. The van der Waals surface area contributed by atoms with Crippen LogP contribution < -0.4 is 0 Å². The van der Waals surface area contributed by atoms with E-state index in [2.05, 4.69) is 4.74 Å². The van der Waals surface area contributed by atoms with Crippen LogP contribution in [0.25, 0.3) is 0 Å². The number of aliphatic hydroxyl groups is 1. The van der Waals surface area contributed by atoms with Gasteiger partial charge in [-0.2, -0.15) is 0 Å². The van der Waals surface area contributed by atoms with Crippen molar-refractivity contribution in [3.63, 3.8) is 0 Å². The molecule has 58 valence electrons. The molecule has 0 aliphatic heterocycles. The van der Waals surface area contributed by atoms with Gasteiger partial charge in [-0.1, -0.05) is 12.8 Å².